The first-order valence-corrected chi connectivity index (χ1v) is 6.67. The molecule has 0 aliphatic carbocycles. The Hall–Kier alpha value is -0.380. The van der Waals surface area contributed by atoms with Crippen LogP contribution in [0.3, 0.4) is 0 Å². The van der Waals surface area contributed by atoms with Gasteiger partial charge in [-0.15, -0.1) is 6.58 Å². The van der Waals surface area contributed by atoms with Gasteiger partial charge < -0.3 is 10.5 Å². The summed E-state index contributed by atoms with van der Waals surface area (Å²) >= 11 is 0. The third kappa shape index (κ3) is 10.5. The van der Waals surface area contributed by atoms with Crippen LogP contribution in [-0.4, -0.2) is 44.3 Å². The van der Waals surface area contributed by atoms with Crippen LogP contribution >= 0.6 is 0 Å². The number of hydrogen-bond acceptors (Lipinski definition) is 3. The first kappa shape index (κ1) is 16.6. The molecule has 3 heteroatoms. The number of nitrogens with zero attached hydrogens (tertiary/aromatic N) is 1. The summed E-state index contributed by atoms with van der Waals surface area (Å²) in [4.78, 5) is 2.40. The molecule has 0 radical (unpaired) electrons. The minimum absolute atomic E-state index is 0.333. The predicted molar refractivity (Wildman–Crippen MR) is 75.2 cm³/mol. The molecular formula is C14H30N2O. The van der Waals surface area contributed by atoms with Crippen molar-refractivity contribution >= 4 is 0 Å². The van der Waals surface area contributed by atoms with Crippen LogP contribution in [0.4, 0.5) is 0 Å². The van der Waals surface area contributed by atoms with Gasteiger partial charge in [0.15, 0.2) is 0 Å². The highest BCUT2D eigenvalue weighted by Crippen LogP contribution is 2.10. The van der Waals surface area contributed by atoms with E-state index >= 15 is 0 Å². The highest BCUT2D eigenvalue weighted by molar-refractivity contribution is 4.74. The molecule has 2 atom stereocenters. The van der Waals surface area contributed by atoms with Gasteiger partial charge in [-0.2, -0.15) is 0 Å². The molecule has 17 heavy (non-hydrogen) atoms. The third-order valence-electron chi connectivity index (χ3n) is 2.93. The Morgan fingerprint density at radius 2 is 2.06 bits per heavy atom. The van der Waals surface area contributed by atoms with Gasteiger partial charge in [0.1, 0.15) is 0 Å². The molecule has 102 valence electrons. The maximum Gasteiger partial charge on any atom is 0.0589 e. The maximum absolute atomic E-state index is 5.75. The molecule has 3 nitrogen and oxygen atoms in total. The van der Waals surface area contributed by atoms with Gasteiger partial charge >= 0.3 is 0 Å². The van der Waals surface area contributed by atoms with Crippen molar-refractivity contribution in [3.8, 4) is 0 Å². The van der Waals surface area contributed by atoms with Crippen LogP contribution in [0, 0.1) is 5.92 Å². The number of methoxy groups -OCH3 is 1. The van der Waals surface area contributed by atoms with Crippen LogP contribution in [0.25, 0.3) is 0 Å². The van der Waals surface area contributed by atoms with Crippen molar-refractivity contribution in [2.75, 3.05) is 33.4 Å². The van der Waals surface area contributed by atoms with Crippen LogP contribution in [0.1, 0.15) is 33.1 Å². The van der Waals surface area contributed by atoms with Crippen molar-refractivity contribution in [2.24, 2.45) is 11.7 Å². The summed E-state index contributed by atoms with van der Waals surface area (Å²) in [6.07, 6.45) is 5.57. The molecule has 0 aromatic rings. The van der Waals surface area contributed by atoms with Gasteiger partial charge in [-0.3, -0.25) is 4.90 Å². The topological polar surface area (TPSA) is 38.5 Å². The first-order chi connectivity index (χ1) is 8.10. The lowest BCUT2D eigenvalue weighted by molar-refractivity contribution is 0.144. The Morgan fingerprint density at radius 3 is 2.59 bits per heavy atom. The van der Waals surface area contributed by atoms with Gasteiger partial charge in [0.05, 0.1) is 6.61 Å². The molecule has 0 saturated heterocycles. The van der Waals surface area contributed by atoms with Crippen LogP contribution < -0.4 is 5.73 Å². The second kappa shape index (κ2) is 10.8. The maximum atomic E-state index is 5.75. The van der Waals surface area contributed by atoms with Gasteiger partial charge in [0.2, 0.25) is 0 Å². The summed E-state index contributed by atoms with van der Waals surface area (Å²) in [6, 6.07) is 0.333. The molecule has 0 aliphatic rings. The Balaban J connectivity index is 3.77. The molecular weight excluding hydrogens is 212 g/mol. The van der Waals surface area contributed by atoms with E-state index in [0.717, 1.165) is 32.7 Å². The molecule has 0 rings (SSSR count). The fourth-order valence-corrected chi connectivity index (χ4v) is 1.98. The van der Waals surface area contributed by atoms with Gasteiger partial charge in [-0.05, 0) is 25.7 Å². The SMILES string of the molecule is C=CCN(CCOC)CC(C)CCCC(C)N. The normalized spacial score (nSPS) is 14.9. The zero-order chi connectivity index (χ0) is 13.1. The Bertz CT molecular complexity index is 183. The minimum Gasteiger partial charge on any atom is -0.383 e. The van der Waals surface area contributed by atoms with Crippen molar-refractivity contribution in [3.63, 3.8) is 0 Å². The first-order valence-electron chi connectivity index (χ1n) is 6.67. The van der Waals surface area contributed by atoms with Gasteiger partial charge in [0, 0.05) is 32.8 Å². The highest BCUT2D eigenvalue weighted by atomic mass is 16.5. The van der Waals surface area contributed by atoms with Crippen molar-refractivity contribution in [1.82, 2.24) is 4.90 Å². The van der Waals surface area contributed by atoms with Crippen molar-refractivity contribution in [1.29, 1.82) is 0 Å². The van der Waals surface area contributed by atoms with Crippen LogP contribution in [0.5, 0.6) is 0 Å². The summed E-state index contributed by atoms with van der Waals surface area (Å²) in [7, 11) is 1.75. The van der Waals surface area contributed by atoms with E-state index in [1.807, 2.05) is 6.08 Å². The van der Waals surface area contributed by atoms with Crippen molar-refractivity contribution in [2.45, 2.75) is 39.2 Å². The van der Waals surface area contributed by atoms with E-state index in [-0.39, 0.29) is 0 Å². The highest BCUT2D eigenvalue weighted by Gasteiger charge is 2.09. The molecule has 0 bridgehead atoms. The third-order valence-corrected chi connectivity index (χ3v) is 2.93. The Morgan fingerprint density at radius 1 is 1.35 bits per heavy atom. The summed E-state index contributed by atoms with van der Waals surface area (Å²) < 4.78 is 5.12. The summed E-state index contributed by atoms with van der Waals surface area (Å²) in [5.74, 6) is 0.713. The predicted octanol–water partition coefficient (Wildman–Crippen LogP) is 2.27. The second-order valence-corrected chi connectivity index (χ2v) is 5.05. The molecule has 0 aromatic heterocycles. The second-order valence-electron chi connectivity index (χ2n) is 5.05. The summed E-state index contributed by atoms with van der Waals surface area (Å²) in [6.45, 7) is 12.0. The molecule has 2 unspecified atom stereocenters. The zero-order valence-electron chi connectivity index (χ0n) is 11.8. The fraction of sp³-hybridized carbons (Fsp3) is 0.857. The molecule has 0 heterocycles. The zero-order valence-corrected chi connectivity index (χ0v) is 11.8. The smallest absolute Gasteiger partial charge is 0.0589 e. The van der Waals surface area contributed by atoms with E-state index in [0.29, 0.717) is 12.0 Å². The quantitative estimate of drug-likeness (QED) is 0.565. The average Bonchev–Trinajstić information content (AvgIpc) is 2.25. The van der Waals surface area contributed by atoms with Crippen LogP contribution in [0.15, 0.2) is 12.7 Å². The Kier molecular flexibility index (Phi) is 10.5. The van der Waals surface area contributed by atoms with E-state index in [1.54, 1.807) is 7.11 Å². The van der Waals surface area contributed by atoms with Gasteiger partial charge in [-0.25, -0.2) is 0 Å². The summed E-state index contributed by atoms with van der Waals surface area (Å²) in [5, 5.41) is 0. The Labute approximate surface area is 107 Å². The van der Waals surface area contributed by atoms with Gasteiger partial charge in [0.25, 0.3) is 0 Å². The fourth-order valence-electron chi connectivity index (χ4n) is 1.98. The lowest BCUT2D eigenvalue weighted by Crippen LogP contribution is -2.32. The van der Waals surface area contributed by atoms with Crippen LogP contribution in [-0.2, 0) is 4.74 Å². The van der Waals surface area contributed by atoms with Crippen molar-refractivity contribution in [3.05, 3.63) is 12.7 Å². The summed E-state index contributed by atoms with van der Waals surface area (Å²) in [5.41, 5.74) is 5.75. The molecule has 0 fully saturated rings. The lowest BCUT2D eigenvalue weighted by atomic mass is 10.0. The lowest BCUT2D eigenvalue weighted by Gasteiger charge is -2.24. The van der Waals surface area contributed by atoms with Crippen LogP contribution in [0.2, 0.25) is 0 Å². The number of ether oxygens (including phenoxy) is 1. The number of rotatable bonds is 11. The molecule has 0 aromatic carbocycles. The van der Waals surface area contributed by atoms with E-state index in [1.165, 1.54) is 12.8 Å². The van der Waals surface area contributed by atoms with E-state index < -0.39 is 0 Å². The minimum atomic E-state index is 0.333. The van der Waals surface area contributed by atoms with E-state index in [2.05, 4.69) is 25.3 Å². The molecule has 0 spiro atoms. The van der Waals surface area contributed by atoms with E-state index in [4.69, 9.17) is 10.5 Å². The molecule has 0 saturated carbocycles. The largest absolute Gasteiger partial charge is 0.383 e. The van der Waals surface area contributed by atoms with Crippen molar-refractivity contribution < 1.29 is 4.74 Å². The number of nitrogens with two attached hydrogens (primary N) is 1. The molecule has 0 amide bonds. The van der Waals surface area contributed by atoms with Gasteiger partial charge in [-0.1, -0.05) is 19.4 Å². The average molecular weight is 242 g/mol. The molecule has 2 N–H and O–H groups in total. The standard InChI is InChI=1S/C14H30N2O/c1-5-9-16(10-11-17-4)12-13(2)7-6-8-14(3)15/h5,13-14H,1,6-12,15H2,2-4H3. The number of hydrogen-bond donors (Lipinski definition) is 1. The van der Waals surface area contributed by atoms with E-state index in [9.17, 15) is 0 Å². The molecule has 0 aliphatic heterocycles. The monoisotopic (exact) mass is 242 g/mol.